The first-order valence-electron chi connectivity index (χ1n) is 9.72. The van der Waals surface area contributed by atoms with Crippen LogP contribution in [0, 0.1) is 13.8 Å². The van der Waals surface area contributed by atoms with E-state index < -0.39 is 10.0 Å². The molecule has 3 aromatic rings. The molecule has 0 amide bonds. The number of ether oxygens (including phenoxy) is 2. The molecule has 1 aromatic heterocycles. The molecule has 1 heterocycles. The Bertz CT molecular complexity index is 1170. The molecule has 0 atom stereocenters. The van der Waals surface area contributed by atoms with Crippen LogP contribution in [0.4, 0.5) is 11.6 Å². The molecule has 10 heteroatoms. The highest BCUT2D eigenvalue weighted by Crippen LogP contribution is 2.26. The number of rotatable bonds is 7. The van der Waals surface area contributed by atoms with E-state index in [1.54, 1.807) is 42.5 Å². The predicted molar refractivity (Wildman–Crippen MR) is 125 cm³/mol. The van der Waals surface area contributed by atoms with E-state index in [4.69, 9.17) is 9.47 Å². The average Bonchev–Trinajstić information content (AvgIpc) is 2.72. The highest BCUT2D eigenvalue weighted by atomic mass is 32.2. The number of guanidine groups is 1. The number of hydrogen-bond acceptors (Lipinski definition) is 6. The minimum absolute atomic E-state index is 0.0544. The van der Waals surface area contributed by atoms with Crippen LogP contribution in [0.2, 0.25) is 0 Å². The lowest BCUT2D eigenvalue weighted by atomic mass is 10.2. The number of benzene rings is 2. The lowest BCUT2D eigenvalue weighted by Gasteiger charge is -2.14. The monoisotopic (exact) mass is 455 g/mol. The smallest absolute Gasteiger partial charge is 0.260 e. The molecule has 32 heavy (non-hydrogen) atoms. The summed E-state index contributed by atoms with van der Waals surface area (Å²) >= 11 is 0. The third kappa shape index (κ3) is 6.67. The van der Waals surface area contributed by atoms with Crippen molar-refractivity contribution < 1.29 is 17.9 Å². The van der Waals surface area contributed by atoms with Crippen LogP contribution in [0.25, 0.3) is 0 Å². The fourth-order valence-electron chi connectivity index (χ4n) is 2.94. The topological polar surface area (TPSA) is 115 Å². The van der Waals surface area contributed by atoms with Crippen molar-refractivity contribution in [3.05, 3.63) is 71.5 Å². The molecular weight excluding hydrogens is 430 g/mol. The number of hydrogen-bond donors (Lipinski definition) is 2. The van der Waals surface area contributed by atoms with Gasteiger partial charge in [-0.15, -0.1) is 4.40 Å². The van der Waals surface area contributed by atoms with Gasteiger partial charge in [-0.2, -0.15) is 0 Å². The molecule has 0 fully saturated rings. The van der Waals surface area contributed by atoms with Crippen molar-refractivity contribution in [1.82, 2.24) is 9.97 Å². The molecule has 0 saturated carbocycles. The highest BCUT2D eigenvalue weighted by Gasteiger charge is 2.15. The predicted octanol–water partition coefficient (Wildman–Crippen LogP) is 3.52. The number of aromatic nitrogens is 2. The maximum Gasteiger partial charge on any atom is 0.260 e. The third-order valence-electron chi connectivity index (χ3n) is 4.25. The van der Waals surface area contributed by atoms with Crippen LogP contribution in [0.1, 0.15) is 17.0 Å². The summed E-state index contributed by atoms with van der Waals surface area (Å²) in [6.07, 6.45) is 0. The summed E-state index contributed by atoms with van der Waals surface area (Å²) in [7, 11) is -0.826. The molecule has 0 aliphatic carbocycles. The van der Waals surface area contributed by atoms with E-state index in [-0.39, 0.29) is 17.7 Å². The van der Waals surface area contributed by atoms with Gasteiger partial charge in [0.1, 0.15) is 11.5 Å². The molecule has 0 spiro atoms. The van der Waals surface area contributed by atoms with Gasteiger partial charge in [0.15, 0.2) is 0 Å². The van der Waals surface area contributed by atoms with E-state index in [1.165, 1.54) is 14.2 Å². The zero-order valence-corrected chi connectivity index (χ0v) is 19.1. The number of nitrogens with zero attached hydrogens (tertiary/aromatic N) is 3. The maximum absolute atomic E-state index is 12.8. The van der Waals surface area contributed by atoms with Gasteiger partial charge < -0.3 is 14.8 Å². The summed E-state index contributed by atoms with van der Waals surface area (Å²) in [6.45, 7) is 3.65. The average molecular weight is 456 g/mol. The number of anilines is 2. The van der Waals surface area contributed by atoms with Gasteiger partial charge in [-0.25, -0.2) is 18.4 Å². The van der Waals surface area contributed by atoms with Gasteiger partial charge in [0.05, 0.1) is 20.0 Å². The van der Waals surface area contributed by atoms with Crippen molar-refractivity contribution in [3.63, 3.8) is 0 Å². The molecule has 0 saturated heterocycles. The second kappa shape index (κ2) is 10.1. The maximum atomic E-state index is 12.8. The Labute approximate surface area is 187 Å². The highest BCUT2D eigenvalue weighted by molar-refractivity contribution is 7.89. The van der Waals surface area contributed by atoms with Crippen molar-refractivity contribution in [2.24, 2.45) is 4.40 Å². The quantitative estimate of drug-likeness (QED) is 0.411. The first kappa shape index (κ1) is 23.0. The van der Waals surface area contributed by atoms with E-state index in [0.29, 0.717) is 22.7 Å². The Balaban J connectivity index is 1.98. The summed E-state index contributed by atoms with van der Waals surface area (Å²) < 4.78 is 40.2. The number of sulfonamides is 1. The molecular formula is C22H25N5O4S. The van der Waals surface area contributed by atoms with Gasteiger partial charge >= 0.3 is 0 Å². The Hall–Kier alpha value is -3.66. The Kier molecular flexibility index (Phi) is 7.26. The second-order valence-corrected chi connectivity index (χ2v) is 8.61. The lowest BCUT2D eigenvalue weighted by molar-refractivity contribution is 0.395. The molecule has 3 rings (SSSR count). The summed E-state index contributed by atoms with van der Waals surface area (Å²) in [5, 5.41) is 5.86. The van der Waals surface area contributed by atoms with E-state index in [0.717, 1.165) is 11.4 Å². The molecule has 2 N–H and O–H groups in total. The minimum atomic E-state index is -3.88. The van der Waals surface area contributed by atoms with Crippen molar-refractivity contribution in [1.29, 1.82) is 0 Å². The molecule has 0 aliphatic heterocycles. The van der Waals surface area contributed by atoms with Crippen LogP contribution in [-0.4, -0.2) is 38.6 Å². The molecule has 9 nitrogen and oxygen atoms in total. The van der Waals surface area contributed by atoms with Crippen molar-refractivity contribution in [3.8, 4) is 11.5 Å². The molecule has 0 radical (unpaired) electrons. The van der Waals surface area contributed by atoms with E-state index in [9.17, 15) is 8.42 Å². The first-order chi connectivity index (χ1) is 15.3. The van der Waals surface area contributed by atoms with Crippen LogP contribution in [0.5, 0.6) is 11.5 Å². The van der Waals surface area contributed by atoms with Gasteiger partial charge in [0.25, 0.3) is 10.0 Å². The van der Waals surface area contributed by atoms with Crippen molar-refractivity contribution >= 4 is 27.6 Å². The normalized spacial score (nSPS) is 11.7. The zero-order chi connectivity index (χ0) is 23.1. The second-order valence-electron chi connectivity index (χ2n) is 6.98. The standard InChI is InChI=1S/C22H25N5O4S/c1-15-10-16(2)24-21(23-15)26-22(25-18-11-19(30-3)13-20(12-18)31-4)27-32(28,29)14-17-8-6-5-7-9-17/h5-13H,14H2,1-4H3,(H2,23,24,25,26,27). The van der Waals surface area contributed by atoms with Crippen LogP contribution in [0.15, 0.2) is 59.0 Å². The molecule has 2 aromatic carbocycles. The Morgan fingerprint density at radius 3 is 2.06 bits per heavy atom. The minimum Gasteiger partial charge on any atom is -0.497 e. The Morgan fingerprint density at radius 2 is 1.50 bits per heavy atom. The van der Waals surface area contributed by atoms with Crippen LogP contribution in [0.3, 0.4) is 0 Å². The molecule has 0 unspecified atom stereocenters. The van der Waals surface area contributed by atoms with Gasteiger partial charge in [-0.3, -0.25) is 5.32 Å². The van der Waals surface area contributed by atoms with Gasteiger partial charge in [0, 0.05) is 35.3 Å². The van der Waals surface area contributed by atoms with E-state index in [2.05, 4.69) is 25.0 Å². The lowest BCUT2D eigenvalue weighted by Crippen LogP contribution is -2.25. The number of methoxy groups -OCH3 is 2. The SMILES string of the molecule is COc1cc(NC(=NS(=O)(=O)Cc2ccccc2)Nc2nc(C)cc(C)n2)cc(OC)c1. The van der Waals surface area contributed by atoms with Gasteiger partial charge in [0.2, 0.25) is 11.9 Å². The summed E-state index contributed by atoms with van der Waals surface area (Å²) in [5.74, 6) is 0.970. The molecule has 0 bridgehead atoms. The fourth-order valence-corrected chi connectivity index (χ4v) is 3.98. The third-order valence-corrected chi connectivity index (χ3v) is 5.41. The molecule has 0 aliphatic rings. The van der Waals surface area contributed by atoms with Crippen LogP contribution >= 0.6 is 0 Å². The largest absolute Gasteiger partial charge is 0.497 e. The van der Waals surface area contributed by atoms with E-state index in [1.807, 2.05) is 26.0 Å². The van der Waals surface area contributed by atoms with E-state index >= 15 is 0 Å². The first-order valence-corrected chi connectivity index (χ1v) is 11.3. The zero-order valence-electron chi connectivity index (χ0n) is 18.3. The summed E-state index contributed by atoms with van der Waals surface area (Å²) in [5.41, 5.74) is 2.59. The summed E-state index contributed by atoms with van der Waals surface area (Å²) in [6, 6.07) is 15.7. The summed E-state index contributed by atoms with van der Waals surface area (Å²) in [4.78, 5) is 8.62. The number of aryl methyl sites for hydroxylation is 2. The van der Waals surface area contributed by atoms with Crippen molar-refractivity contribution in [2.45, 2.75) is 19.6 Å². The van der Waals surface area contributed by atoms with Crippen LogP contribution < -0.4 is 20.1 Å². The fraction of sp³-hybridized carbons (Fsp3) is 0.227. The van der Waals surface area contributed by atoms with Gasteiger partial charge in [-0.05, 0) is 25.5 Å². The Morgan fingerprint density at radius 1 is 0.906 bits per heavy atom. The number of nitrogens with one attached hydrogen (secondary N) is 2. The van der Waals surface area contributed by atoms with Crippen molar-refractivity contribution in [2.75, 3.05) is 24.9 Å². The molecule has 168 valence electrons. The van der Waals surface area contributed by atoms with Gasteiger partial charge in [-0.1, -0.05) is 30.3 Å². The van der Waals surface area contributed by atoms with Crippen LogP contribution in [-0.2, 0) is 15.8 Å².